The van der Waals surface area contributed by atoms with E-state index < -0.39 is 0 Å². The van der Waals surface area contributed by atoms with Gasteiger partial charge in [-0.2, -0.15) is 0 Å². The molecule has 18 heavy (non-hydrogen) atoms. The van der Waals surface area contributed by atoms with Crippen molar-refractivity contribution in [1.82, 2.24) is 4.98 Å². The molecule has 92 valence electrons. The summed E-state index contributed by atoms with van der Waals surface area (Å²) in [5, 5.41) is 9.35. The van der Waals surface area contributed by atoms with Gasteiger partial charge in [-0.25, -0.2) is 0 Å². The number of aromatic nitrogens is 1. The van der Waals surface area contributed by atoms with Gasteiger partial charge in [0.1, 0.15) is 5.75 Å². The Morgan fingerprint density at radius 2 is 2.00 bits per heavy atom. The highest BCUT2D eigenvalue weighted by atomic mass is 16.3. The van der Waals surface area contributed by atoms with Crippen molar-refractivity contribution in [3.8, 4) is 5.75 Å². The van der Waals surface area contributed by atoms with Gasteiger partial charge in [0.15, 0.2) is 0 Å². The molecule has 1 aromatic heterocycles. The molecular formula is C14H14N2O2. The lowest BCUT2D eigenvalue weighted by Gasteiger charge is -2.17. The second-order valence-electron chi connectivity index (χ2n) is 4.00. The van der Waals surface area contributed by atoms with Crippen molar-refractivity contribution in [2.45, 2.75) is 6.42 Å². The second kappa shape index (κ2) is 5.31. The molecule has 4 nitrogen and oxygen atoms in total. The molecule has 0 aliphatic carbocycles. The van der Waals surface area contributed by atoms with Crippen molar-refractivity contribution in [2.75, 3.05) is 11.9 Å². The van der Waals surface area contributed by atoms with Crippen molar-refractivity contribution in [2.24, 2.45) is 0 Å². The molecule has 0 saturated heterocycles. The van der Waals surface area contributed by atoms with Crippen LogP contribution in [0.5, 0.6) is 5.75 Å². The molecule has 2 aromatic rings. The van der Waals surface area contributed by atoms with Crippen LogP contribution in [0.3, 0.4) is 0 Å². The average molecular weight is 242 g/mol. The van der Waals surface area contributed by atoms with E-state index in [-0.39, 0.29) is 18.1 Å². The van der Waals surface area contributed by atoms with Crippen LogP contribution in [-0.2, 0) is 11.2 Å². The number of pyridine rings is 1. The van der Waals surface area contributed by atoms with Gasteiger partial charge in [-0.15, -0.1) is 0 Å². The van der Waals surface area contributed by atoms with Crippen molar-refractivity contribution in [3.63, 3.8) is 0 Å². The number of hydrogen-bond donors (Lipinski definition) is 1. The van der Waals surface area contributed by atoms with Crippen LogP contribution in [0.15, 0.2) is 48.8 Å². The Morgan fingerprint density at radius 1 is 1.28 bits per heavy atom. The summed E-state index contributed by atoms with van der Waals surface area (Å²) < 4.78 is 0. The lowest BCUT2D eigenvalue weighted by molar-refractivity contribution is -0.117. The first kappa shape index (κ1) is 12.1. The Bertz CT molecular complexity index is 541. The summed E-state index contributed by atoms with van der Waals surface area (Å²) in [6, 6.07) is 10.3. The summed E-state index contributed by atoms with van der Waals surface area (Å²) >= 11 is 0. The summed E-state index contributed by atoms with van der Waals surface area (Å²) in [4.78, 5) is 17.5. The van der Waals surface area contributed by atoms with Crippen LogP contribution >= 0.6 is 0 Å². The number of benzene rings is 1. The summed E-state index contributed by atoms with van der Waals surface area (Å²) in [5.41, 5.74) is 1.59. The Kier molecular flexibility index (Phi) is 3.57. The molecule has 4 heteroatoms. The number of phenolic OH excluding ortho intramolecular Hbond substituents is 1. The highest BCUT2D eigenvalue weighted by Gasteiger charge is 2.11. The van der Waals surface area contributed by atoms with Crippen LogP contribution in [0.25, 0.3) is 0 Å². The van der Waals surface area contributed by atoms with Gasteiger partial charge >= 0.3 is 0 Å². The third kappa shape index (κ3) is 2.85. The van der Waals surface area contributed by atoms with E-state index in [1.807, 2.05) is 6.07 Å². The molecular weight excluding hydrogens is 228 g/mol. The van der Waals surface area contributed by atoms with E-state index >= 15 is 0 Å². The molecule has 0 unspecified atom stereocenters. The van der Waals surface area contributed by atoms with Crippen LogP contribution in [-0.4, -0.2) is 23.0 Å². The van der Waals surface area contributed by atoms with E-state index in [0.29, 0.717) is 0 Å². The van der Waals surface area contributed by atoms with E-state index in [9.17, 15) is 9.90 Å². The van der Waals surface area contributed by atoms with E-state index in [2.05, 4.69) is 4.98 Å². The van der Waals surface area contributed by atoms with Crippen molar-refractivity contribution in [3.05, 3.63) is 54.4 Å². The summed E-state index contributed by atoms with van der Waals surface area (Å²) in [5.74, 6) is 0.138. The molecule has 1 heterocycles. The lowest BCUT2D eigenvalue weighted by atomic mass is 10.1. The predicted molar refractivity (Wildman–Crippen MR) is 69.5 cm³/mol. The number of likely N-dealkylation sites (N-methyl/N-ethyl adjacent to an activating group) is 1. The third-order valence-electron chi connectivity index (χ3n) is 2.69. The number of anilines is 1. The number of carbonyl (C=O) groups excluding carboxylic acids is 1. The minimum Gasteiger partial charge on any atom is -0.508 e. The minimum absolute atomic E-state index is 0.0354. The van der Waals surface area contributed by atoms with Gasteiger partial charge in [-0.05, 0) is 29.8 Å². The summed E-state index contributed by atoms with van der Waals surface area (Å²) in [6.45, 7) is 0. The molecule has 0 spiro atoms. The molecule has 0 saturated carbocycles. The first-order chi connectivity index (χ1) is 8.66. The number of phenols is 1. The van der Waals surface area contributed by atoms with E-state index in [1.54, 1.807) is 54.7 Å². The van der Waals surface area contributed by atoms with Crippen molar-refractivity contribution in [1.29, 1.82) is 0 Å². The van der Waals surface area contributed by atoms with Gasteiger partial charge < -0.3 is 10.0 Å². The highest BCUT2D eigenvalue weighted by Crippen LogP contribution is 2.15. The first-order valence-electron chi connectivity index (χ1n) is 5.61. The fraction of sp³-hybridized carbons (Fsp3) is 0.143. The number of nitrogens with zero attached hydrogens (tertiary/aromatic N) is 2. The van der Waals surface area contributed by atoms with Gasteiger partial charge in [0.25, 0.3) is 0 Å². The van der Waals surface area contributed by atoms with Gasteiger partial charge in [0, 0.05) is 25.1 Å². The number of hydrogen-bond acceptors (Lipinski definition) is 3. The van der Waals surface area contributed by atoms with Crippen molar-refractivity contribution < 1.29 is 9.90 Å². The molecule has 0 bridgehead atoms. The van der Waals surface area contributed by atoms with Crippen LogP contribution in [0, 0.1) is 0 Å². The SMILES string of the molecule is CN(C(=O)Cc1cccc(O)c1)c1ccncc1. The zero-order chi connectivity index (χ0) is 13.0. The smallest absolute Gasteiger partial charge is 0.231 e. The Morgan fingerprint density at radius 3 is 2.67 bits per heavy atom. The van der Waals surface area contributed by atoms with Crippen LogP contribution in [0.2, 0.25) is 0 Å². The number of carbonyl (C=O) groups is 1. The quantitative estimate of drug-likeness (QED) is 0.895. The van der Waals surface area contributed by atoms with Gasteiger partial charge in [-0.1, -0.05) is 12.1 Å². The molecule has 0 aliphatic rings. The number of rotatable bonds is 3. The fourth-order valence-corrected chi connectivity index (χ4v) is 1.67. The predicted octanol–water partition coefficient (Wildman–Crippen LogP) is 1.99. The van der Waals surface area contributed by atoms with Gasteiger partial charge in [0.2, 0.25) is 5.91 Å². The van der Waals surface area contributed by atoms with Crippen LogP contribution in [0.4, 0.5) is 5.69 Å². The van der Waals surface area contributed by atoms with Crippen LogP contribution < -0.4 is 4.90 Å². The Hall–Kier alpha value is -2.36. The minimum atomic E-state index is -0.0354. The zero-order valence-corrected chi connectivity index (χ0v) is 10.1. The summed E-state index contributed by atoms with van der Waals surface area (Å²) in [7, 11) is 1.72. The first-order valence-corrected chi connectivity index (χ1v) is 5.61. The maximum absolute atomic E-state index is 12.0. The molecule has 0 atom stereocenters. The van der Waals surface area contributed by atoms with Gasteiger partial charge in [0.05, 0.1) is 6.42 Å². The zero-order valence-electron chi connectivity index (χ0n) is 10.1. The monoisotopic (exact) mass is 242 g/mol. The molecule has 0 radical (unpaired) electrons. The lowest BCUT2D eigenvalue weighted by Crippen LogP contribution is -2.27. The van der Waals surface area contributed by atoms with Crippen molar-refractivity contribution >= 4 is 11.6 Å². The Labute approximate surface area is 106 Å². The average Bonchev–Trinajstić information content (AvgIpc) is 2.39. The Balaban J connectivity index is 2.09. The molecule has 0 aliphatic heterocycles. The molecule has 0 fully saturated rings. The largest absolute Gasteiger partial charge is 0.508 e. The van der Waals surface area contributed by atoms with Gasteiger partial charge in [-0.3, -0.25) is 9.78 Å². The topological polar surface area (TPSA) is 53.4 Å². The van der Waals surface area contributed by atoms with E-state index in [0.717, 1.165) is 11.3 Å². The molecule has 2 rings (SSSR count). The molecule has 1 N–H and O–H groups in total. The number of amides is 1. The molecule has 1 amide bonds. The second-order valence-corrected chi connectivity index (χ2v) is 4.00. The van der Waals surface area contributed by atoms with E-state index in [1.165, 1.54) is 0 Å². The number of aromatic hydroxyl groups is 1. The fourth-order valence-electron chi connectivity index (χ4n) is 1.67. The summed E-state index contributed by atoms with van der Waals surface area (Å²) in [6.07, 6.45) is 3.55. The third-order valence-corrected chi connectivity index (χ3v) is 2.69. The van der Waals surface area contributed by atoms with E-state index in [4.69, 9.17) is 0 Å². The standard InChI is InChI=1S/C14H14N2O2/c1-16(12-5-7-15-8-6-12)14(18)10-11-3-2-4-13(17)9-11/h2-9,17H,10H2,1H3. The van der Waals surface area contributed by atoms with Crippen LogP contribution in [0.1, 0.15) is 5.56 Å². The maximum atomic E-state index is 12.0. The highest BCUT2D eigenvalue weighted by molar-refractivity contribution is 5.94. The maximum Gasteiger partial charge on any atom is 0.231 e. The molecule has 1 aromatic carbocycles. The normalized spacial score (nSPS) is 10.1.